The van der Waals surface area contributed by atoms with Crippen LogP contribution >= 0.6 is 0 Å². The van der Waals surface area contributed by atoms with Crippen molar-refractivity contribution in [3.05, 3.63) is 60.4 Å². The maximum absolute atomic E-state index is 12.7. The van der Waals surface area contributed by atoms with Crippen LogP contribution in [0.1, 0.15) is 39.5 Å². The fourth-order valence-corrected chi connectivity index (χ4v) is 4.45. The molecule has 2 aromatic carbocycles. The van der Waals surface area contributed by atoms with Gasteiger partial charge in [0.15, 0.2) is 0 Å². The van der Waals surface area contributed by atoms with E-state index in [2.05, 4.69) is 10.0 Å². The number of para-hydroxylation sites is 1. The molecule has 0 aliphatic rings. The van der Waals surface area contributed by atoms with Gasteiger partial charge in [-0.2, -0.15) is 0 Å². The first-order valence-corrected chi connectivity index (χ1v) is 11.1. The number of anilines is 1. The summed E-state index contributed by atoms with van der Waals surface area (Å²) >= 11 is 0. The van der Waals surface area contributed by atoms with Crippen LogP contribution in [0.15, 0.2) is 63.9 Å². The Balaban J connectivity index is 1.75. The van der Waals surface area contributed by atoms with Gasteiger partial charge in [0.25, 0.3) is 0 Å². The zero-order valence-corrected chi connectivity index (χ0v) is 18.6. The predicted molar refractivity (Wildman–Crippen MR) is 118 cm³/mol. The first kappa shape index (κ1) is 21.9. The number of rotatable bonds is 5. The highest BCUT2D eigenvalue weighted by atomic mass is 32.2. The fourth-order valence-electron chi connectivity index (χ4n) is 2.99. The van der Waals surface area contributed by atoms with Crippen molar-refractivity contribution in [2.24, 2.45) is 0 Å². The van der Waals surface area contributed by atoms with Crippen molar-refractivity contribution in [3.8, 4) is 0 Å². The number of urea groups is 1. The standard InChI is InChI=1S/C22H27N3O4S/c1-15(20-13-16-9-6-7-12-19(16)29-20)25(5)21(26)23-17-10-8-11-18(14-17)30(27,28)24-22(2,3)4/h6-15,24H,1-5H3,(H,23,26)/t15-/m1/s1. The quantitative estimate of drug-likeness (QED) is 0.613. The van der Waals surface area contributed by atoms with Gasteiger partial charge in [-0.05, 0) is 58.0 Å². The van der Waals surface area contributed by atoms with Crippen LogP contribution in [-0.2, 0) is 10.0 Å². The van der Waals surface area contributed by atoms with E-state index in [1.807, 2.05) is 37.3 Å². The molecular formula is C22H27N3O4S. The zero-order valence-electron chi connectivity index (χ0n) is 17.8. The van der Waals surface area contributed by atoms with Gasteiger partial charge in [0.05, 0.1) is 10.9 Å². The van der Waals surface area contributed by atoms with Crippen LogP contribution in [0.25, 0.3) is 11.0 Å². The normalized spacial score (nSPS) is 13.2. The van der Waals surface area contributed by atoms with E-state index in [1.165, 1.54) is 17.0 Å². The molecule has 3 rings (SSSR count). The monoisotopic (exact) mass is 429 g/mol. The SMILES string of the molecule is C[C@H](c1cc2ccccc2o1)N(C)C(=O)Nc1cccc(S(=O)(=O)NC(C)(C)C)c1. The van der Waals surface area contributed by atoms with Crippen LogP contribution < -0.4 is 10.0 Å². The van der Waals surface area contributed by atoms with E-state index < -0.39 is 15.6 Å². The highest BCUT2D eigenvalue weighted by Crippen LogP contribution is 2.27. The van der Waals surface area contributed by atoms with Gasteiger partial charge in [-0.3, -0.25) is 0 Å². The summed E-state index contributed by atoms with van der Waals surface area (Å²) in [5.41, 5.74) is 0.540. The van der Waals surface area contributed by atoms with Crippen LogP contribution in [0.4, 0.5) is 10.5 Å². The maximum Gasteiger partial charge on any atom is 0.322 e. The number of nitrogens with one attached hydrogen (secondary N) is 2. The van der Waals surface area contributed by atoms with E-state index in [9.17, 15) is 13.2 Å². The van der Waals surface area contributed by atoms with Crippen molar-refractivity contribution in [1.29, 1.82) is 0 Å². The Kier molecular flexibility index (Phi) is 5.92. The minimum atomic E-state index is -3.70. The molecule has 0 fully saturated rings. The van der Waals surface area contributed by atoms with Gasteiger partial charge in [-0.25, -0.2) is 17.9 Å². The number of furan rings is 1. The number of hydrogen-bond donors (Lipinski definition) is 2. The summed E-state index contributed by atoms with van der Waals surface area (Å²) in [5, 5.41) is 3.72. The largest absolute Gasteiger partial charge is 0.459 e. The molecule has 3 aromatic rings. The van der Waals surface area contributed by atoms with Crippen molar-refractivity contribution in [3.63, 3.8) is 0 Å². The second kappa shape index (κ2) is 8.12. The molecule has 0 saturated heterocycles. The lowest BCUT2D eigenvalue weighted by molar-refractivity contribution is 0.201. The Morgan fingerprint density at radius 3 is 2.43 bits per heavy atom. The molecule has 8 heteroatoms. The minimum Gasteiger partial charge on any atom is -0.459 e. The summed E-state index contributed by atoms with van der Waals surface area (Å²) in [5.74, 6) is 0.666. The smallest absolute Gasteiger partial charge is 0.322 e. The average molecular weight is 430 g/mol. The molecule has 0 unspecified atom stereocenters. The predicted octanol–water partition coefficient (Wildman–Crippen LogP) is 4.73. The number of nitrogens with zero attached hydrogens (tertiary/aromatic N) is 1. The summed E-state index contributed by atoms with van der Waals surface area (Å²) in [7, 11) is -2.04. The minimum absolute atomic E-state index is 0.0863. The summed E-state index contributed by atoms with van der Waals surface area (Å²) in [6.07, 6.45) is 0. The first-order valence-electron chi connectivity index (χ1n) is 9.63. The molecule has 2 N–H and O–H groups in total. The Bertz CT molecular complexity index is 1130. The molecule has 2 amide bonds. The van der Waals surface area contributed by atoms with Gasteiger partial charge < -0.3 is 14.6 Å². The van der Waals surface area contributed by atoms with Crippen molar-refractivity contribution in [1.82, 2.24) is 9.62 Å². The third-order valence-corrected chi connectivity index (χ3v) is 6.35. The van der Waals surface area contributed by atoms with Gasteiger partial charge in [0.1, 0.15) is 11.3 Å². The van der Waals surface area contributed by atoms with Crippen molar-refractivity contribution in [2.75, 3.05) is 12.4 Å². The van der Waals surface area contributed by atoms with Gasteiger partial charge in [-0.15, -0.1) is 0 Å². The van der Waals surface area contributed by atoms with Crippen molar-refractivity contribution < 1.29 is 17.6 Å². The molecule has 1 heterocycles. The number of fused-ring (bicyclic) bond motifs is 1. The average Bonchev–Trinajstić information content (AvgIpc) is 3.09. The third-order valence-electron chi connectivity index (χ3n) is 4.59. The van der Waals surface area contributed by atoms with Crippen LogP contribution in [-0.4, -0.2) is 31.9 Å². The van der Waals surface area contributed by atoms with E-state index in [1.54, 1.807) is 40.0 Å². The Morgan fingerprint density at radius 1 is 1.07 bits per heavy atom. The fraction of sp³-hybridized carbons (Fsp3) is 0.318. The van der Waals surface area contributed by atoms with Crippen LogP contribution in [0.5, 0.6) is 0 Å². The van der Waals surface area contributed by atoms with Crippen LogP contribution in [0, 0.1) is 0 Å². The lowest BCUT2D eigenvalue weighted by Gasteiger charge is -2.24. The van der Waals surface area contributed by atoms with Gasteiger partial charge in [0, 0.05) is 23.7 Å². The topological polar surface area (TPSA) is 91.7 Å². The maximum atomic E-state index is 12.7. The number of benzene rings is 2. The van der Waals surface area contributed by atoms with Gasteiger partial charge >= 0.3 is 6.03 Å². The molecule has 0 aliphatic carbocycles. The number of carbonyl (C=O) groups is 1. The van der Waals surface area contributed by atoms with E-state index in [4.69, 9.17) is 4.42 Å². The number of carbonyl (C=O) groups excluding carboxylic acids is 1. The summed E-state index contributed by atoms with van der Waals surface area (Å²) in [6, 6.07) is 15.0. The number of hydrogen-bond acceptors (Lipinski definition) is 4. The lowest BCUT2D eigenvalue weighted by atomic mass is 10.1. The Labute approximate surface area is 177 Å². The molecule has 0 aliphatic heterocycles. The van der Waals surface area contributed by atoms with E-state index in [0.717, 1.165) is 11.0 Å². The molecular weight excluding hydrogens is 402 g/mol. The molecule has 0 bridgehead atoms. The molecule has 0 radical (unpaired) electrons. The Morgan fingerprint density at radius 2 is 1.77 bits per heavy atom. The third kappa shape index (κ3) is 5.01. The second-order valence-electron chi connectivity index (χ2n) is 8.29. The zero-order chi connectivity index (χ0) is 22.1. The molecule has 7 nitrogen and oxygen atoms in total. The highest BCUT2D eigenvalue weighted by molar-refractivity contribution is 7.89. The van der Waals surface area contributed by atoms with Gasteiger partial charge in [-0.1, -0.05) is 24.3 Å². The van der Waals surface area contributed by atoms with Crippen LogP contribution in [0.3, 0.4) is 0 Å². The summed E-state index contributed by atoms with van der Waals surface area (Å²) in [4.78, 5) is 14.3. The summed E-state index contributed by atoms with van der Waals surface area (Å²) < 4.78 is 33.6. The molecule has 1 atom stereocenters. The van der Waals surface area contributed by atoms with E-state index >= 15 is 0 Å². The molecule has 0 saturated carbocycles. The van der Waals surface area contributed by atoms with E-state index in [0.29, 0.717) is 11.4 Å². The van der Waals surface area contributed by atoms with Crippen molar-refractivity contribution >= 4 is 32.7 Å². The molecule has 1 aromatic heterocycles. The van der Waals surface area contributed by atoms with Crippen molar-refractivity contribution in [2.45, 2.75) is 44.2 Å². The molecule has 160 valence electrons. The van der Waals surface area contributed by atoms with Crippen LogP contribution in [0.2, 0.25) is 0 Å². The first-order chi connectivity index (χ1) is 14.0. The Hall–Kier alpha value is -2.84. The number of amides is 2. The highest BCUT2D eigenvalue weighted by Gasteiger charge is 2.24. The summed E-state index contributed by atoms with van der Waals surface area (Å²) in [6.45, 7) is 7.17. The lowest BCUT2D eigenvalue weighted by Crippen LogP contribution is -2.40. The molecule has 0 spiro atoms. The van der Waals surface area contributed by atoms with E-state index in [-0.39, 0.29) is 17.0 Å². The second-order valence-corrected chi connectivity index (χ2v) is 9.97. The molecule has 30 heavy (non-hydrogen) atoms. The number of sulfonamides is 1. The van der Waals surface area contributed by atoms with Gasteiger partial charge in [0.2, 0.25) is 10.0 Å².